The third-order valence-electron chi connectivity index (χ3n) is 3.74. The Hall–Kier alpha value is -2.35. The first kappa shape index (κ1) is 17.5. The molecule has 3 aromatic rings. The first-order valence-corrected chi connectivity index (χ1v) is 8.29. The third-order valence-corrected chi connectivity index (χ3v) is 3.74. The Morgan fingerprint density at radius 1 is 1.24 bits per heavy atom. The van der Waals surface area contributed by atoms with Crippen LogP contribution in [0.15, 0.2) is 47.1 Å². The maximum Gasteiger partial charge on any atom is 0.204 e. The molecule has 0 fully saturated rings. The number of hydrogen-bond acceptors (Lipinski definition) is 6. The van der Waals surface area contributed by atoms with Crippen molar-refractivity contribution in [2.45, 2.75) is 32.3 Å². The Balaban J connectivity index is 1.66. The Morgan fingerprint density at radius 3 is 2.84 bits per heavy atom. The summed E-state index contributed by atoms with van der Waals surface area (Å²) >= 11 is 0. The summed E-state index contributed by atoms with van der Waals surface area (Å²) in [7, 11) is 0. The van der Waals surface area contributed by atoms with Gasteiger partial charge in [0.05, 0.1) is 42.7 Å². The molecule has 0 saturated heterocycles. The fourth-order valence-electron chi connectivity index (χ4n) is 2.59. The highest BCUT2D eigenvalue weighted by molar-refractivity contribution is 5.78. The molecule has 3 rings (SSSR count). The van der Waals surface area contributed by atoms with Gasteiger partial charge in [0.2, 0.25) is 5.95 Å². The smallest absolute Gasteiger partial charge is 0.204 e. The van der Waals surface area contributed by atoms with Gasteiger partial charge in [-0.1, -0.05) is 12.1 Å². The predicted molar refractivity (Wildman–Crippen MR) is 94.3 cm³/mol. The van der Waals surface area contributed by atoms with Crippen LogP contribution in [0.1, 0.15) is 12.7 Å². The van der Waals surface area contributed by atoms with Crippen molar-refractivity contribution in [2.75, 3.05) is 18.5 Å². The molecule has 0 unspecified atom stereocenters. The number of anilines is 1. The number of nitrogens with one attached hydrogen (secondary N) is 1. The second kappa shape index (κ2) is 8.15. The number of aliphatic hydroxyl groups excluding tert-OH is 2. The van der Waals surface area contributed by atoms with E-state index in [1.807, 2.05) is 34.9 Å². The molecule has 2 aromatic heterocycles. The molecule has 0 aliphatic heterocycles. The van der Waals surface area contributed by atoms with E-state index in [9.17, 15) is 10.2 Å². The molecule has 7 nitrogen and oxygen atoms in total. The molecule has 7 heteroatoms. The maximum absolute atomic E-state index is 10.3. The zero-order valence-electron chi connectivity index (χ0n) is 14.1. The summed E-state index contributed by atoms with van der Waals surface area (Å²) in [5, 5.41) is 22.9. The minimum absolute atomic E-state index is 0.184. The van der Waals surface area contributed by atoms with E-state index in [2.05, 4.69) is 10.3 Å². The number of imidazole rings is 1. The van der Waals surface area contributed by atoms with Crippen molar-refractivity contribution < 1.29 is 19.4 Å². The summed E-state index contributed by atoms with van der Waals surface area (Å²) in [6.07, 6.45) is 0.404. The normalized spacial score (nSPS) is 13.9. The molecule has 1 aromatic carbocycles. The topological polar surface area (TPSA) is 92.7 Å². The Bertz CT molecular complexity index is 783. The number of ether oxygens (including phenoxy) is 1. The van der Waals surface area contributed by atoms with Gasteiger partial charge in [0.25, 0.3) is 0 Å². The van der Waals surface area contributed by atoms with Gasteiger partial charge < -0.3 is 29.3 Å². The number of furan rings is 1. The van der Waals surface area contributed by atoms with Crippen LogP contribution < -0.4 is 5.32 Å². The van der Waals surface area contributed by atoms with Crippen LogP contribution in [0.3, 0.4) is 0 Å². The molecular formula is C18H23N3O4. The van der Waals surface area contributed by atoms with Crippen molar-refractivity contribution in [3.63, 3.8) is 0 Å². The first-order valence-electron chi connectivity index (χ1n) is 8.29. The molecule has 134 valence electrons. The van der Waals surface area contributed by atoms with Gasteiger partial charge in [-0.25, -0.2) is 4.98 Å². The number of hydrogen-bond donors (Lipinski definition) is 3. The highest BCUT2D eigenvalue weighted by atomic mass is 16.5. The van der Waals surface area contributed by atoms with E-state index in [1.165, 1.54) is 0 Å². The Kier molecular flexibility index (Phi) is 5.70. The van der Waals surface area contributed by atoms with Gasteiger partial charge in [-0.15, -0.1) is 0 Å². The Morgan fingerprint density at radius 2 is 2.08 bits per heavy atom. The van der Waals surface area contributed by atoms with Crippen molar-refractivity contribution in [2.24, 2.45) is 0 Å². The van der Waals surface area contributed by atoms with E-state index in [0.29, 0.717) is 25.6 Å². The molecule has 0 radical (unpaired) electrons. The van der Waals surface area contributed by atoms with Crippen LogP contribution in [-0.4, -0.2) is 45.1 Å². The molecule has 0 aliphatic carbocycles. The van der Waals surface area contributed by atoms with Crippen LogP contribution in [0.5, 0.6) is 0 Å². The van der Waals surface area contributed by atoms with Crippen molar-refractivity contribution in [3.05, 3.63) is 48.4 Å². The first-order chi connectivity index (χ1) is 12.1. The van der Waals surface area contributed by atoms with E-state index in [0.717, 1.165) is 16.8 Å². The van der Waals surface area contributed by atoms with E-state index in [1.54, 1.807) is 19.3 Å². The third kappa shape index (κ3) is 4.60. The molecule has 0 amide bonds. The van der Waals surface area contributed by atoms with Crippen LogP contribution in [0.25, 0.3) is 11.0 Å². The summed E-state index contributed by atoms with van der Waals surface area (Å²) in [4.78, 5) is 4.53. The van der Waals surface area contributed by atoms with E-state index >= 15 is 0 Å². The maximum atomic E-state index is 10.3. The van der Waals surface area contributed by atoms with Gasteiger partial charge in [-0.2, -0.15) is 0 Å². The number of nitrogens with zero attached hydrogens (tertiary/aromatic N) is 2. The van der Waals surface area contributed by atoms with Gasteiger partial charge in [-0.3, -0.25) is 0 Å². The number of fused-ring (bicyclic) bond motifs is 1. The van der Waals surface area contributed by atoms with E-state index in [-0.39, 0.29) is 6.61 Å². The van der Waals surface area contributed by atoms with Gasteiger partial charge in [0.1, 0.15) is 12.4 Å². The summed E-state index contributed by atoms with van der Waals surface area (Å²) in [6, 6.07) is 11.3. The number of benzene rings is 1. The fraction of sp³-hybridized carbons (Fsp3) is 0.389. The molecule has 0 bridgehead atoms. The van der Waals surface area contributed by atoms with Gasteiger partial charge >= 0.3 is 0 Å². The largest absolute Gasteiger partial charge is 0.467 e. The second-order valence-electron chi connectivity index (χ2n) is 6.01. The lowest BCUT2D eigenvalue weighted by atomic mass is 10.3. The van der Waals surface area contributed by atoms with Crippen LogP contribution in [0.4, 0.5) is 5.95 Å². The van der Waals surface area contributed by atoms with Gasteiger partial charge in [0.15, 0.2) is 0 Å². The lowest BCUT2D eigenvalue weighted by Crippen LogP contribution is -2.24. The van der Waals surface area contributed by atoms with E-state index in [4.69, 9.17) is 9.15 Å². The average Bonchev–Trinajstić information content (AvgIpc) is 3.21. The van der Waals surface area contributed by atoms with Crippen LogP contribution >= 0.6 is 0 Å². The molecule has 3 N–H and O–H groups in total. The highest BCUT2D eigenvalue weighted by Gasteiger charge is 2.15. The Labute approximate surface area is 145 Å². The quantitative estimate of drug-likeness (QED) is 0.549. The summed E-state index contributed by atoms with van der Waals surface area (Å²) < 4.78 is 12.6. The summed E-state index contributed by atoms with van der Waals surface area (Å²) in [6.45, 7) is 2.93. The molecule has 0 saturated carbocycles. The lowest BCUT2D eigenvalue weighted by molar-refractivity contribution is 0.0154. The number of aliphatic hydroxyl groups is 2. The molecule has 2 heterocycles. The van der Waals surface area contributed by atoms with Crippen molar-refractivity contribution in [1.29, 1.82) is 0 Å². The fourth-order valence-corrected chi connectivity index (χ4v) is 2.59. The number of aromatic nitrogens is 2. The van der Waals surface area contributed by atoms with Crippen LogP contribution in [0.2, 0.25) is 0 Å². The highest BCUT2D eigenvalue weighted by Crippen LogP contribution is 2.20. The number of para-hydroxylation sites is 2. The zero-order chi connectivity index (χ0) is 17.6. The molecule has 2 atom stereocenters. The van der Waals surface area contributed by atoms with Crippen LogP contribution in [0, 0.1) is 0 Å². The minimum atomic E-state index is -0.695. The summed E-state index contributed by atoms with van der Waals surface area (Å²) in [5.41, 5.74) is 1.75. The molecule has 0 spiro atoms. The standard InChI is InChI=1S/C18H23N3O4/c1-13(22)9-19-18-20-16-6-2-3-7-17(16)21(18)10-14(23)11-24-12-15-5-4-8-25-15/h2-8,13-14,22-23H,9-12H2,1H3,(H,19,20)/t13-,14+/m0/s1. The zero-order valence-corrected chi connectivity index (χ0v) is 14.1. The molecular weight excluding hydrogens is 322 g/mol. The average molecular weight is 345 g/mol. The lowest BCUT2D eigenvalue weighted by Gasteiger charge is -2.16. The van der Waals surface area contributed by atoms with Crippen molar-refractivity contribution in [1.82, 2.24) is 9.55 Å². The van der Waals surface area contributed by atoms with E-state index < -0.39 is 12.2 Å². The van der Waals surface area contributed by atoms with Crippen molar-refractivity contribution in [3.8, 4) is 0 Å². The minimum Gasteiger partial charge on any atom is -0.467 e. The summed E-state index contributed by atoms with van der Waals surface area (Å²) in [5.74, 6) is 1.34. The van der Waals surface area contributed by atoms with Gasteiger partial charge in [-0.05, 0) is 31.2 Å². The molecule has 25 heavy (non-hydrogen) atoms. The van der Waals surface area contributed by atoms with Crippen LogP contribution in [-0.2, 0) is 17.9 Å². The number of rotatable bonds is 9. The SMILES string of the molecule is C[C@H](O)CNc1nc2ccccc2n1C[C@@H](O)COCc1ccco1. The van der Waals surface area contributed by atoms with Gasteiger partial charge in [0, 0.05) is 6.54 Å². The predicted octanol–water partition coefficient (Wildman–Crippen LogP) is 2.00. The monoisotopic (exact) mass is 345 g/mol. The molecule has 0 aliphatic rings. The van der Waals surface area contributed by atoms with Crippen molar-refractivity contribution >= 4 is 17.0 Å². The second-order valence-corrected chi connectivity index (χ2v) is 6.01.